The van der Waals surface area contributed by atoms with Crippen LogP contribution in [0.5, 0.6) is 0 Å². The van der Waals surface area contributed by atoms with E-state index in [1.165, 1.54) is 0 Å². The third kappa shape index (κ3) is 4.67. The van der Waals surface area contributed by atoms with E-state index >= 15 is 0 Å². The van der Waals surface area contributed by atoms with Crippen molar-refractivity contribution in [2.75, 3.05) is 26.2 Å². The number of amides is 1. The van der Waals surface area contributed by atoms with Gasteiger partial charge >= 0.3 is 0 Å². The van der Waals surface area contributed by atoms with E-state index in [2.05, 4.69) is 4.72 Å². The Morgan fingerprint density at radius 3 is 2.27 bits per heavy atom. The van der Waals surface area contributed by atoms with Crippen molar-refractivity contribution in [2.45, 2.75) is 58.4 Å². The van der Waals surface area contributed by atoms with Crippen molar-refractivity contribution in [3.8, 4) is 0 Å². The number of hydrogen-bond donors (Lipinski definition) is 1. The van der Waals surface area contributed by atoms with Gasteiger partial charge in [-0.1, -0.05) is 26.7 Å². The number of hydrogen-bond acceptors (Lipinski definition) is 3. The molecule has 128 valence electrons. The number of piperidine rings is 1. The summed E-state index contributed by atoms with van der Waals surface area (Å²) in [4.78, 5) is 13.9. The van der Waals surface area contributed by atoms with Crippen LogP contribution in [0.2, 0.25) is 0 Å². The van der Waals surface area contributed by atoms with Crippen LogP contribution in [0, 0.1) is 5.92 Å². The molecule has 2 aliphatic heterocycles. The molecule has 6 nitrogen and oxygen atoms in total. The molecule has 0 bridgehead atoms. The van der Waals surface area contributed by atoms with Gasteiger partial charge in [0.1, 0.15) is 0 Å². The summed E-state index contributed by atoms with van der Waals surface area (Å²) in [5, 5.41) is 0. The largest absolute Gasteiger partial charge is 0.341 e. The van der Waals surface area contributed by atoms with Gasteiger partial charge in [0.05, 0.1) is 0 Å². The molecule has 1 unspecified atom stereocenters. The number of rotatable bonds is 4. The van der Waals surface area contributed by atoms with Crippen molar-refractivity contribution < 1.29 is 13.2 Å². The molecule has 2 fully saturated rings. The zero-order valence-corrected chi connectivity index (χ0v) is 14.6. The van der Waals surface area contributed by atoms with Gasteiger partial charge in [-0.2, -0.15) is 17.4 Å². The maximum absolute atomic E-state index is 12.5. The quantitative estimate of drug-likeness (QED) is 0.845. The van der Waals surface area contributed by atoms with Gasteiger partial charge in [0.2, 0.25) is 5.91 Å². The van der Waals surface area contributed by atoms with Crippen molar-refractivity contribution >= 4 is 16.1 Å². The molecular weight excluding hydrogens is 302 g/mol. The molecule has 1 N–H and O–H groups in total. The lowest BCUT2D eigenvalue weighted by Gasteiger charge is -2.35. The number of carbonyl (C=O) groups excluding carboxylic acids is 1. The molecule has 0 aromatic heterocycles. The zero-order chi connectivity index (χ0) is 16.2. The van der Waals surface area contributed by atoms with E-state index in [0.717, 1.165) is 45.1 Å². The Balaban J connectivity index is 1.95. The average molecular weight is 331 g/mol. The van der Waals surface area contributed by atoms with Gasteiger partial charge in [0.15, 0.2) is 0 Å². The summed E-state index contributed by atoms with van der Waals surface area (Å²) in [6, 6.07) is -0.162. The van der Waals surface area contributed by atoms with Crippen LogP contribution < -0.4 is 4.72 Å². The normalized spacial score (nSPS) is 25.2. The van der Waals surface area contributed by atoms with Crippen LogP contribution in [0.25, 0.3) is 0 Å². The van der Waals surface area contributed by atoms with Gasteiger partial charge in [-0.05, 0) is 25.7 Å². The molecular formula is C15H29N3O3S. The summed E-state index contributed by atoms with van der Waals surface area (Å²) in [7, 11) is -3.43. The second kappa shape index (κ2) is 7.75. The highest BCUT2D eigenvalue weighted by atomic mass is 32.2. The van der Waals surface area contributed by atoms with Crippen LogP contribution in [0.15, 0.2) is 0 Å². The summed E-state index contributed by atoms with van der Waals surface area (Å²) in [6.45, 7) is 6.21. The first-order valence-corrected chi connectivity index (χ1v) is 9.90. The van der Waals surface area contributed by atoms with Crippen LogP contribution in [-0.2, 0) is 15.0 Å². The molecule has 0 aliphatic carbocycles. The SMILES string of the molecule is CC(C)C(=O)N1CCCC(NS(=O)(=O)N2CCCCCC2)C1. The molecule has 0 spiro atoms. The third-order valence-corrected chi connectivity index (χ3v) is 6.12. The molecule has 22 heavy (non-hydrogen) atoms. The second-order valence-corrected chi connectivity index (χ2v) is 8.42. The summed E-state index contributed by atoms with van der Waals surface area (Å²) in [6.07, 6.45) is 5.73. The topological polar surface area (TPSA) is 69.7 Å². The van der Waals surface area contributed by atoms with E-state index in [1.54, 1.807) is 9.21 Å². The van der Waals surface area contributed by atoms with E-state index in [0.29, 0.717) is 19.6 Å². The lowest BCUT2D eigenvalue weighted by molar-refractivity contribution is -0.135. The predicted molar refractivity (Wildman–Crippen MR) is 86.5 cm³/mol. The minimum atomic E-state index is -3.43. The minimum Gasteiger partial charge on any atom is -0.341 e. The summed E-state index contributed by atoms with van der Waals surface area (Å²) in [5.74, 6) is 0.0691. The molecule has 1 atom stereocenters. The van der Waals surface area contributed by atoms with Crippen LogP contribution in [-0.4, -0.2) is 55.8 Å². The highest BCUT2D eigenvalue weighted by Gasteiger charge is 2.30. The first kappa shape index (κ1) is 17.7. The van der Waals surface area contributed by atoms with Crippen molar-refractivity contribution in [1.82, 2.24) is 13.9 Å². The lowest BCUT2D eigenvalue weighted by Crippen LogP contribution is -2.53. The van der Waals surface area contributed by atoms with Gasteiger partial charge in [0, 0.05) is 38.1 Å². The molecule has 0 aromatic rings. The van der Waals surface area contributed by atoms with Gasteiger partial charge < -0.3 is 4.90 Å². The smallest absolute Gasteiger partial charge is 0.279 e. The Morgan fingerprint density at radius 2 is 1.68 bits per heavy atom. The van der Waals surface area contributed by atoms with E-state index in [4.69, 9.17) is 0 Å². The molecule has 0 saturated carbocycles. The molecule has 2 aliphatic rings. The van der Waals surface area contributed by atoms with Crippen LogP contribution in [0.1, 0.15) is 52.4 Å². The number of nitrogens with zero attached hydrogens (tertiary/aromatic N) is 2. The third-order valence-electron chi connectivity index (χ3n) is 4.45. The van der Waals surface area contributed by atoms with Gasteiger partial charge in [-0.25, -0.2) is 0 Å². The average Bonchev–Trinajstić information content (AvgIpc) is 2.75. The highest BCUT2D eigenvalue weighted by Crippen LogP contribution is 2.17. The minimum absolute atomic E-state index is 0.0408. The number of likely N-dealkylation sites (tertiary alicyclic amines) is 1. The van der Waals surface area contributed by atoms with E-state index in [9.17, 15) is 13.2 Å². The number of carbonyl (C=O) groups is 1. The van der Waals surface area contributed by atoms with Gasteiger partial charge in [0.25, 0.3) is 10.2 Å². The maximum atomic E-state index is 12.5. The molecule has 1 amide bonds. The molecule has 0 radical (unpaired) electrons. The predicted octanol–water partition coefficient (Wildman–Crippen LogP) is 1.34. The Kier molecular flexibility index (Phi) is 6.23. The lowest BCUT2D eigenvalue weighted by atomic mass is 10.0. The van der Waals surface area contributed by atoms with Crippen LogP contribution in [0.4, 0.5) is 0 Å². The van der Waals surface area contributed by atoms with Crippen molar-refractivity contribution in [3.05, 3.63) is 0 Å². The van der Waals surface area contributed by atoms with Crippen molar-refractivity contribution in [1.29, 1.82) is 0 Å². The van der Waals surface area contributed by atoms with E-state index in [-0.39, 0.29) is 17.9 Å². The summed E-state index contributed by atoms with van der Waals surface area (Å²) >= 11 is 0. The van der Waals surface area contributed by atoms with E-state index < -0.39 is 10.2 Å². The first-order valence-electron chi connectivity index (χ1n) is 8.46. The van der Waals surface area contributed by atoms with Gasteiger partial charge in [-0.15, -0.1) is 0 Å². The Hall–Kier alpha value is -0.660. The highest BCUT2D eigenvalue weighted by molar-refractivity contribution is 7.87. The van der Waals surface area contributed by atoms with E-state index in [1.807, 2.05) is 13.8 Å². The Morgan fingerprint density at radius 1 is 1.05 bits per heavy atom. The number of nitrogens with one attached hydrogen (secondary N) is 1. The Labute approximate surface area is 134 Å². The first-order chi connectivity index (χ1) is 10.4. The molecule has 2 rings (SSSR count). The summed E-state index contributed by atoms with van der Waals surface area (Å²) in [5.41, 5.74) is 0. The summed E-state index contributed by atoms with van der Waals surface area (Å²) < 4.78 is 29.5. The zero-order valence-electron chi connectivity index (χ0n) is 13.8. The molecule has 7 heteroatoms. The second-order valence-electron chi connectivity index (χ2n) is 6.71. The Bertz CT molecular complexity index is 470. The fourth-order valence-corrected chi connectivity index (χ4v) is 4.71. The standard InChI is InChI=1S/C15H29N3O3S/c1-13(2)15(19)17-9-7-8-14(12-17)16-22(20,21)18-10-5-3-4-6-11-18/h13-14,16H,3-12H2,1-2H3. The molecule has 2 heterocycles. The maximum Gasteiger partial charge on any atom is 0.279 e. The fraction of sp³-hybridized carbons (Fsp3) is 0.933. The van der Waals surface area contributed by atoms with Crippen molar-refractivity contribution in [3.63, 3.8) is 0 Å². The fourth-order valence-electron chi connectivity index (χ4n) is 3.21. The molecule has 2 saturated heterocycles. The monoisotopic (exact) mass is 331 g/mol. The molecule has 0 aromatic carbocycles. The van der Waals surface area contributed by atoms with Crippen molar-refractivity contribution in [2.24, 2.45) is 5.92 Å². The van der Waals surface area contributed by atoms with Crippen LogP contribution >= 0.6 is 0 Å². The van der Waals surface area contributed by atoms with Gasteiger partial charge in [-0.3, -0.25) is 4.79 Å². The van der Waals surface area contributed by atoms with Crippen LogP contribution in [0.3, 0.4) is 0 Å².